The third-order valence-corrected chi connectivity index (χ3v) is 6.68. The van der Waals surface area contributed by atoms with Crippen molar-refractivity contribution < 1.29 is 13.2 Å². The molecule has 1 aliphatic rings. The van der Waals surface area contributed by atoms with Crippen molar-refractivity contribution in [3.63, 3.8) is 0 Å². The predicted molar refractivity (Wildman–Crippen MR) is 99.7 cm³/mol. The van der Waals surface area contributed by atoms with Crippen LogP contribution in [-0.2, 0) is 16.4 Å². The highest BCUT2D eigenvalue weighted by Crippen LogP contribution is 2.25. The Morgan fingerprint density at radius 2 is 1.96 bits per heavy atom. The molecule has 1 saturated heterocycles. The second kappa shape index (κ2) is 7.72. The zero-order valence-electron chi connectivity index (χ0n) is 15.5. The lowest BCUT2D eigenvalue weighted by Crippen LogP contribution is -2.44. The van der Waals surface area contributed by atoms with Crippen LogP contribution < -0.4 is 4.74 Å². The van der Waals surface area contributed by atoms with E-state index in [1.807, 2.05) is 32.9 Å². The highest BCUT2D eigenvalue weighted by atomic mass is 32.2. The van der Waals surface area contributed by atoms with Crippen molar-refractivity contribution in [1.82, 2.24) is 14.3 Å². The second-order valence-electron chi connectivity index (χ2n) is 6.74. The Morgan fingerprint density at radius 1 is 1.23 bits per heavy atom. The predicted octanol–water partition coefficient (Wildman–Crippen LogP) is 2.89. The summed E-state index contributed by atoms with van der Waals surface area (Å²) in [5.41, 5.74) is 2.86. The molecule has 0 bridgehead atoms. The lowest BCUT2D eigenvalue weighted by Gasteiger charge is -2.31. The molecular formula is C19H25N3O3S. The molecule has 6 nitrogen and oxygen atoms in total. The van der Waals surface area contributed by atoms with Gasteiger partial charge >= 0.3 is 6.01 Å². The third kappa shape index (κ3) is 4.04. The Morgan fingerprint density at radius 3 is 2.62 bits per heavy atom. The number of nitrogens with zero attached hydrogens (tertiary/aromatic N) is 3. The fraction of sp³-hybridized carbons (Fsp3) is 0.474. The van der Waals surface area contributed by atoms with Gasteiger partial charge in [-0.25, -0.2) is 18.4 Å². The minimum atomic E-state index is -3.53. The van der Waals surface area contributed by atoms with Gasteiger partial charge in [-0.2, -0.15) is 4.31 Å². The number of piperidine rings is 1. The first-order valence-corrected chi connectivity index (χ1v) is 10.4. The topological polar surface area (TPSA) is 72.4 Å². The number of ether oxygens (including phenoxy) is 1. The Kier molecular flexibility index (Phi) is 5.58. The Hall–Kier alpha value is -1.99. The number of sulfonamides is 1. The van der Waals surface area contributed by atoms with Crippen LogP contribution in [0.5, 0.6) is 6.01 Å². The zero-order valence-corrected chi connectivity index (χ0v) is 16.3. The van der Waals surface area contributed by atoms with Crippen LogP contribution in [0.3, 0.4) is 0 Å². The number of hydrogen-bond acceptors (Lipinski definition) is 5. The summed E-state index contributed by atoms with van der Waals surface area (Å²) in [6.45, 7) is 6.65. The van der Waals surface area contributed by atoms with E-state index in [9.17, 15) is 8.42 Å². The molecule has 0 saturated carbocycles. The van der Waals surface area contributed by atoms with E-state index in [-0.39, 0.29) is 6.10 Å². The molecule has 7 heteroatoms. The highest BCUT2D eigenvalue weighted by Gasteiger charge is 2.32. The minimum absolute atomic E-state index is 0.239. The van der Waals surface area contributed by atoms with Crippen LogP contribution in [0.4, 0.5) is 0 Å². The molecule has 1 unspecified atom stereocenters. The Balaban J connectivity index is 1.74. The van der Waals surface area contributed by atoms with Gasteiger partial charge in [0.1, 0.15) is 6.10 Å². The van der Waals surface area contributed by atoms with Crippen molar-refractivity contribution in [2.75, 3.05) is 13.1 Å². The van der Waals surface area contributed by atoms with Gasteiger partial charge in [-0.3, -0.25) is 0 Å². The first kappa shape index (κ1) is 18.8. The van der Waals surface area contributed by atoms with Gasteiger partial charge in [-0.1, -0.05) is 24.6 Å². The molecule has 1 aliphatic heterocycles. The van der Waals surface area contributed by atoms with E-state index < -0.39 is 10.0 Å². The van der Waals surface area contributed by atoms with E-state index in [1.165, 1.54) is 4.31 Å². The number of hydrogen-bond donors (Lipinski definition) is 0. The molecule has 2 aromatic rings. The maximum atomic E-state index is 13.0. The fourth-order valence-corrected chi connectivity index (χ4v) is 4.90. The van der Waals surface area contributed by atoms with E-state index in [4.69, 9.17) is 4.74 Å². The molecule has 0 aliphatic carbocycles. The van der Waals surface area contributed by atoms with E-state index in [0.29, 0.717) is 24.0 Å². The van der Waals surface area contributed by atoms with Gasteiger partial charge in [-0.05, 0) is 50.3 Å². The van der Waals surface area contributed by atoms with Gasteiger partial charge in [-0.15, -0.1) is 0 Å². The van der Waals surface area contributed by atoms with Crippen molar-refractivity contribution in [2.45, 2.75) is 51.0 Å². The van der Waals surface area contributed by atoms with Gasteiger partial charge < -0.3 is 4.74 Å². The molecule has 140 valence electrons. The number of rotatable bonds is 5. The van der Waals surface area contributed by atoms with E-state index >= 15 is 0 Å². The first-order chi connectivity index (χ1) is 12.4. The summed E-state index contributed by atoms with van der Waals surface area (Å²) in [5, 5.41) is 0. The van der Waals surface area contributed by atoms with Crippen LogP contribution in [0.15, 0.2) is 35.5 Å². The average Bonchev–Trinajstić information content (AvgIpc) is 2.62. The fourth-order valence-electron chi connectivity index (χ4n) is 3.18. The molecule has 0 N–H and O–H groups in total. The second-order valence-corrected chi connectivity index (χ2v) is 8.65. The maximum absolute atomic E-state index is 13.0. The minimum Gasteiger partial charge on any atom is -0.459 e. The first-order valence-electron chi connectivity index (χ1n) is 8.95. The summed E-state index contributed by atoms with van der Waals surface area (Å²) in [7, 11) is -3.53. The lowest BCUT2D eigenvalue weighted by molar-refractivity contribution is 0.119. The maximum Gasteiger partial charge on any atom is 0.316 e. The molecule has 1 aromatic heterocycles. The average molecular weight is 375 g/mol. The molecule has 26 heavy (non-hydrogen) atoms. The lowest BCUT2D eigenvalue weighted by atomic mass is 10.1. The van der Waals surface area contributed by atoms with Crippen LogP contribution >= 0.6 is 0 Å². The Bertz CT molecular complexity index is 866. The van der Waals surface area contributed by atoms with Crippen molar-refractivity contribution in [3.05, 3.63) is 47.3 Å². The molecule has 2 heterocycles. The number of aryl methyl sites for hydroxylation is 3. The molecule has 0 amide bonds. The SMILES string of the molecule is CCc1cnc(OC2CCCN(S(=O)(=O)c3ccc(C)cc3C)C2)nc1. The summed E-state index contributed by atoms with van der Waals surface area (Å²) in [6.07, 6.45) is 5.66. The summed E-state index contributed by atoms with van der Waals surface area (Å²) < 4.78 is 33.4. The summed E-state index contributed by atoms with van der Waals surface area (Å²) in [6, 6.07) is 5.73. The van der Waals surface area contributed by atoms with Crippen LogP contribution in [-0.4, -0.2) is 41.9 Å². The monoisotopic (exact) mass is 375 g/mol. The van der Waals surface area contributed by atoms with E-state index in [0.717, 1.165) is 36.0 Å². The van der Waals surface area contributed by atoms with Crippen LogP contribution in [0.25, 0.3) is 0 Å². The van der Waals surface area contributed by atoms with E-state index in [1.54, 1.807) is 18.5 Å². The van der Waals surface area contributed by atoms with Crippen molar-refractivity contribution >= 4 is 10.0 Å². The molecule has 1 atom stereocenters. The molecular weight excluding hydrogens is 350 g/mol. The van der Waals surface area contributed by atoms with Gasteiger partial charge in [0.2, 0.25) is 10.0 Å². The van der Waals surface area contributed by atoms with Gasteiger partial charge in [0, 0.05) is 18.9 Å². The standard InChI is InChI=1S/C19H25N3O3S/c1-4-16-11-20-19(21-12-16)25-17-6-5-9-22(13-17)26(23,24)18-8-7-14(2)10-15(18)3/h7-8,10-12,17H,4-6,9,13H2,1-3H3. The van der Waals surface area contributed by atoms with Crippen molar-refractivity contribution in [3.8, 4) is 6.01 Å². The van der Waals surface area contributed by atoms with E-state index in [2.05, 4.69) is 9.97 Å². The van der Waals surface area contributed by atoms with Crippen LogP contribution in [0.2, 0.25) is 0 Å². The molecule has 0 radical (unpaired) electrons. The van der Waals surface area contributed by atoms with Crippen molar-refractivity contribution in [2.24, 2.45) is 0 Å². The number of benzene rings is 1. The van der Waals surface area contributed by atoms with Crippen LogP contribution in [0.1, 0.15) is 36.5 Å². The zero-order chi connectivity index (χ0) is 18.7. The van der Waals surface area contributed by atoms with Gasteiger partial charge in [0.15, 0.2) is 0 Å². The molecule has 0 spiro atoms. The van der Waals surface area contributed by atoms with Gasteiger partial charge in [0.25, 0.3) is 0 Å². The summed E-state index contributed by atoms with van der Waals surface area (Å²) in [5.74, 6) is 0. The van der Waals surface area contributed by atoms with Crippen LogP contribution in [0, 0.1) is 13.8 Å². The molecule has 1 fully saturated rings. The molecule has 1 aromatic carbocycles. The summed E-state index contributed by atoms with van der Waals surface area (Å²) in [4.78, 5) is 8.79. The molecule has 3 rings (SSSR count). The number of aromatic nitrogens is 2. The summed E-state index contributed by atoms with van der Waals surface area (Å²) >= 11 is 0. The largest absolute Gasteiger partial charge is 0.459 e. The highest BCUT2D eigenvalue weighted by molar-refractivity contribution is 7.89. The van der Waals surface area contributed by atoms with Crippen molar-refractivity contribution in [1.29, 1.82) is 0 Å². The quantitative estimate of drug-likeness (QED) is 0.803. The van der Waals surface area contributed by atoms with Gasteiger partial charge in [0.05, 0.1) is 11.4 Å². The smallest absolute Gasteiger partial charge is 0.316 e. The Labute approximate surface area is 155 Å². The third-order valence-electron chi connectivity index (χ3n) is 4.65. The normalized spacial score (nSPS) is 18.7.